The standard InChI is InChI=1S/C27H25FO5/c1-26(2,3)27(4)32-24(29)21(25(30)33-27)15-20-19-11-7-5-9-17(19)13-14-23(20)31-16-18-10-6-8-12-22(18)28/h5-15H,16H2,1-4H3. The number of benzene rings is 3. The average molecular weight is 448 g/mol. The first kappa shape index (κ1) is 22.5. The fourth-order valence-electron chi connectivity index (χ4n) is 3.46. The van der Waals surface area contributed by atoms with Crippen molar-refractivity contribution in [3.05, 3.63) is 83.2 Å². The molecule has 3 aromatic carbocycles. The largest absolute Gasteiger partial charge is 0.488 e. The van der Waals surface area contributed by atoms with Crippen LogP contribution in [0.15, 0.2) is 66.2 Å². The molecule has 1 aliphatic rings. The highest BCUT2D eigenvalue weighted by molar-refractivity contribution is 6.20. The SMILES string of the molecule is CC(C)(C)C1(C)OC(=O)C(=Cc2c(OCc3ccccc3F)ccc3ccccc23)C(=O)O1. The van der Waals surface area contributed by atoms with E-state index in [1.807, 2.05) is 51.1 Å². The number of rotatable bonds is 4. The van der Waals surface area contributed by atoms with Gasteiger partial charge < -0.3 is 14.2 Å². The normalized spacial score (nSPS) is 18.6. The zero-order chi connectivity index (χ0) is 23.8. The topological polar surface area (TPSA) is 61.8 Å². The first-order valence-electron chi connectivity index (χ1n) is 10.7. The Labute approximate surface area is 191 Å². The Balaban J connectivity index is 1.75. The van der Waals surface area contributed by atoms with E-state index < -0.39 is 23.1 Å². The van der Waals surface area contributed by atoms with Gasteiger partial charge in [0.2, 0.25) is 0 Å². The van der Waals surface area contributed by atoms with Gasteiger partial charge >= 0.3 is 11.9 Å². The first-order valence-corrected chi connectivity index (χ1v) is 10.7. The second-order valence-corrected chi connectivity index (χ2v) is 9.11. The fourth-order valence-corrected chi connectivity index (χ4v) is 3.46. The lowest BCUT2D eigenvalue weighted by Gasteiger charge is -2.42. The molecule has 0 amide bonds. The lowest BCUT2D eigenvalue weighted by atomic mass is 9.85. The van der Waals surface area contributed by atoms with Gasteiger partial charge in [0.1, 0.15) is 23.7 Å². The Morgan fingerprint density at radius 1 is 0.939 bits per heavy atom. The van der Waals surface area contributed by atoms with E-state index in [9.17, 15) is 14.0 Å². The summed E-state index contributed by atoms with van der Waals surface area (Å²) < 4.78 is 31.1. The zero-order valence-corrected chi connectivity index (χ0v) is 19.0. The molecule has 0 N–H and O–H groups in total. The number of ether oxygens (including phenoxy) is 3. The molecule has 1 heterocycles. The van der Waals surface area contributed by atoms with E-state index in [1.165, 1.54) is 12.1 Å². The minimum atomic E-state index is -1.39. The molecule has 5 nitrogen and oxygen atoms in total. The van der Waals surface area contributed by atoms with E-state index in [-0.39, 0.29) is 18.0 Å². The molecule has 1 aliphatic heterocycles. The second kappa shape index (κ2) is 8.35. The van der Waals surface area contributed by atoms with Crippen LogP contribution in [0.2, 0.25) is 0 Å². The van der Waals surface area contributed by atoms with E-state index in [0.717, 1.165) is 10.8 Å². The van der Waals surface area contributed by atoms with Gasteiger partial charge in [-0.3, -0.25) is 0 Å². The molecule has 4 rings (SSSR count). The van der Waals surface area contributed by atoms with Gasteiger partial charge in [-0.25, -0.2) is 14.0 Å². The minimum Gasteiger partial charge on any atom is -0.488 e. The molecule has 0 saturated carbocycles. The van der Waals surface area contributed by atoms with Crippen LogP contribution in [-0.2, 0) is 25.7 Å². The number of esters is 2. The Kier molecular flexibility index (Phi) is 5.70. The van der Waals surface area contributed by atoms with Gasteiger partial charge in [0.15, 0.2) is 0 Å². The smallest absolute Gasteiger partial charge is 0.348 e. The second-order valence-electron chi connectivity index (χ2n) is 9.11. The number of fused-ring (bicyclic) bond motifs is 1. The van der Waals surface area contributed by atoms with Crippen molar-refractivity contribution in [2.24, 2.45) is 5.41 Å². The van der Waals surface area contributed by atoms with Gasteiger partial charge in [-0.05, 0) is 29.0 Å². The van der Waals surface area contributed by atoms with E-state index in [4.69, 9.17) is 14.2 Å². The van der Waals surface area contributed by atoms with Crippen LogP contribution in [-0.4, -0.2) is 17.7 Å². The summed E-state index contributed by atoms with van der Waals surface area (Å²) in [5.74, 6) is -2.90. The lowest BCUT2D eigenvalue weighted by Crippen LogP contribution is -2.52. The number of carbonyl (C=O) groups excluding carboxylic acids is 2. The summed E-state index contributed by atoms with van der Waals surface area (Å²) in [4.78, 5) is 25.7. The molecule has 3 aromatic rings. The highest BCUT2D eigenvalue weighted by Gasteiger charge is 2.50. The zero-order valence-electron chi connectivity index (χ0n) is 19.0. The molecular weight excluding hydrogens is 423 g/mol. The third kappa shape index (κ3) is 4.33. The number of halogens is 1. The minimum absolute atomic E-state index is 0.0157. The highest BCUT2D eigenvalue weighted by atomic mass is 19.1. The van der Waals surface area contributed by atoms with E-state index in [1.54, 1.807) is 31.2 Å². The maximum atomic E-state index is 14.1. The molecule has 0 radical (unpaired) electrons. The third-order valence-electron chi connectivity index (χ3n) is 5.94. The van der Waals surface area contributed by atoms with Crippen LogP contribution in [0.5, 0.6) is 5.75 Å². The van der Waals surface area contributed by atoms with Crippen LogP contribution in [0.25, 0.3) is 16.8 Å². The summed E-state index contributed by atoms with van der Waals surface area (Å²) in [5, 5.41) is 1.65. The van der Waals surface area contributed by atoms with Gasteiger partial charge in [0.25, 0.3) is 5.79 Å². The van der Waals surface area contributed by atoms with Crippen molar-refractivity contribution in [1.29, 1.82) is 0 Å². The molecule has 0 spiro atoms. The van der Waals surface area contributed by atoms with Gasteiger partial charge in [-0.2, -0.15) is 0 Å². The van der Waals surface area contributed by atoms with Gasteiger partial charge in [-0.15, -0.1) is 0 Å². The van der Waals surface area contributed by atoms with Crippen molar-refractivity contribution in [2.75, 3.05) is 0 Å². The molecule has 0 aromatic heterocycles. The van der Waals surface area contributed by atoms with Gasteiger partial charge in [-0.1, -0.05) is 69.3 Å². The van der Waals surface area contributed by atoms with Gasteiger partial charge in [0, 0.05) is 23.5 Å². The Morgan fingerprint density at radius 2 is 1.58 bits per heavy atom. The van der Waals surface area contributed by atoms with Crippen LogP contribution in [0.3, 0.4) is 0 Å². The van der Waals surface area contributed by atoms with E-state index in [0.29, 0.717) is 16.9 Å². The van der Waals surface area contributed by atoms with Crippen LogP contribution >= 0.6 is 0 Å². The Bertz CT molecular complexity index is 1250. The Morgan fingerprint density at radius 3 is 2.24 bits per heavy atom. The summed E-state index contributed by atoms with van der Waals surface area (Å²) >= 11 is 0. The number of hydrogen-bond donors (Lipinski definition) is 0. The number of hydrogen-bond acceptors (Lipinski definition) is 5. The monoisotopic (exact) mass is 448 g/mol. The van der Waals surface area contributed by atoms with Crippen molar-refractivity contribution in [3.63, 3.8) is 0 Å². The van der Waals surface area contributed by atoms with E-state index >= 15 is 0 Å². The van der Waals surface area contributed by atoms with Crippen LogP contribution in [0.1, 0.15) is 38.8 Å². The summed E-state index contributed by atoms with van der Waals surface area (Å²) in [7, 11) is 0. The van der Waals surface area contributed by atoms with E-state index in [2.05, 4.69) is 0 Å². The summed E-state index contributed by atoms with van der Waals surface area (Å²) in [5.41, 5.74) is 0.0512. The van der Waals surface area contributed by atoms with Crippen LogP contribution in [0, 0.1) is 11.2 Å². The highest BCUT2D eigenvalue weighted by Crippen LogP contribution is 2.40. The molecule has 0 atom stereocenters. The van der Waals surface area contributed by atoms with Crippen LogP contribution in [0.4, 0.5) is 4.39 Å². The molecule has 1 fully saturated rings. The third-order valence-corrected chi connectivity index (χ3v) is 5.94. The predicted octanol–water partition coefficient (Wildman–Crippen LogP) is 5.80. The molecule has 6 heteroatoms. The maximum Gasteiger partial charge on any atom is 0.348 e. The molecule has 170 valence electrons. The summed E-state index contributed by atoms with van der Waals surface area (Å²) in [6.45, 7) is 7.02. The summed E-state index contributed by atoms with van der Waals surface area (Å²) in [6, 6.07) is 17.4. The van der Waals surface area contributed by atoms with Gasteiger partial charge in [0.05, 0.1) is 0 Å². The van der Waals surface area contributed by atoms with Crippen molar-refractivity contribution >= 4 is 28.8 Å². The number of carbonyl (C=O) groups is 2. The average Bonchev–Trinajstić information content (AvgIpc) is 2.75. The van der Waals surface area contributed by atoms with Crippen molar-refractivity contribution in [1.82, 2.24) is 0 Å². The van der Waals surface area contributed by atoms with Crippen molar-refractivity contribution < 1.29 is 28.2 Å². The Hall–Kier alpha value is -3.67. The van der Waals surface area contributed by atoms with Crippen molar-refractivity contribution in [3.8, 4) is 5.75 Å². The summed E-state index contributed by atoms with van der Waals surface area (Å²) in [6.07, 6.45) is 1.42. The maximum absolute atomic E-state index is 14.1. The molecular formula is C27H25FO5. The fraction of sp³-hybridized carbons (Fsp3) is 0.259. The number of cyclic esters (lactones) is 2. The lowest BCUT2D eigenvalue weighted by molar-refractivity contribution is -0.261. The molecule has 33 heavy (non-hydrogen) atoms. The van der Waals surface area contributed by atoms with Crippen molar-refractivity contribution in [2.45, 2.75) is 40.1 Å². The molecule has 0 unspecified atom stereocenters. The first-order chi connectivity index (χ1) is 15.6. The predicted molar refractivity (Wildman–Crippen MR) is 123 cm³/mol. The molecule has 0 aliphatic carbocycles. The van der Waals surface area contributed by atoms with Crippen LogP contribution < -0.4 is 4.74 Å². The molecule has 1 saturated heterocycles. The molecule has 0 bridgehead atoms. The quantitative estimate of drug-likeness (QED) is 0.287.